The number of fused-ring (bicyclic) bond motifs is 1. The molecule has 5 aromatic rings. The molecule has 0 bridgehead atoms. The summed E-state index contributed by atoms with van der Waals surface area (Å²) in [5.41, 5.74) is 2.82. The fraction of sp³-hybridized carbons (Fsp3) is 0.103. The second kappa shape index (κ2) is 11.1. The van der Waals surface area contributed by atoms with Gasteiger partial charge in [0.1, 0.15) is 0 Å². The first kappa shape index (κ1) is 26.7. The fourth-order valence-electron chi connectivity index (χ4n) is 4.21. The van der Waals surface area contributed by atoms with Gasteiger partial charge < -0.3 is 5.32 Å². The van der Waals surface area contributed by atoms with Crippen molar-refractivity contribution in [2.75, 3.05) is 4.72 Å². The second-order valence-corrected chi connectivity index (χ2v) is 12.1. The highest BCUT2D eigenvalue weighted by molar-refractivity contribution is 7.92. The molecule has 7 nitrogen and oxygen atoms in total. The van der Waals surface area contributed by atoms with Crippen molar-refractivity contribution < 1.29 is 13.2 Å². The summed E-state index contributed by atoms with van der Waals surface area (Å²) in [6.45, 7) is 2.20. The van der Waals surface area contributed by atoms with E-state index in [0.717, 1.165) is 22.5 Å². The normalized spacial score (nSPS) is 12.3. The number of carbonyl (C=O) groups excluding carboxylic acids is 1. The lowest BCUT2D eigenvalue weighted by Crippen LogP contribution is -2.28. The molecule has 0 fully saturated rings. The Morgan fingerprint density at radius 3 is 2.38 bits per heavy atom. The first-order valence-corrected chi connectivity index (χ1v) is 14.7. The van der Waals surface area contributed by atoms with Gasteiger partial charge in [0, 0.05) is 5.02 Å². The van der Waals surface area contributed by atoms with Crippen LogP contribution in [0.5, 0.6) is 0 Å². The van der Waals surface area contributed by atoms with Crippen molar-refractivity contribution in [3.63, 3.8) is 0 Å². The molecule has 0 saturated heterocycles. The monoisotopic (exact) mass is 577 g/mol. The molecule has 10 heteroatoms. The lowest BCUT2D eigenvalue weighted by molar-refractivity contribution is 0.0941. The average molecular weight is 578 g/mol. The van der Waals surface area contributed by atoms with Gasteiger partial charge in [-0.15, -0.1) is 0 Å². The van der Waals surface area contributed by atoms with Crippen molar-refractivity contribution in [2.45, 2.75) is 24.4 Å². The minimum absolute atomic E-state index is 0.0113. The molecule has 198 valence electrons. The molecule has 1 amide bonds. The van der Waals surface area contributed by atoms with E-state index in [1.165, 1.54) is 12.1 Å². The average Bonchev–Trinajstić information content (AvgIpc) is 3.24. The number of nitrogens with zero attached hydrogens (tertiary/aromatic N) is 1. The largest absolute Gasteiger partial charge is 0.345 e. The lowest BCUT2D eigenvalue weighted by Gasteiger charge is -2.17. The second-order valence-electron chi connectivity index (χ2n) is 8.97. The predicted octanol–water partition coefficient (Wildman–Crippen LogP) is 6.06. The van der Waals surface area contributed by atoms with E-state index in [0.29, 0.717) is 21.8 Å². The topological polar surface area (TPSA) is 97.3 Å². The van der Waals surface area contributed by atoms with E-state index in [-0.39, 0.29) is 27.1 Å². The minimum atomic E-state index is -4.06. The third-order valence-corrected chi connectivity index (χ3v) is 8.82. The van der Waals surface area contributed by atoms with Gasteiger partial charge in [-0.3, -0.25) is 18.9 Å². The van der Waals surface area contributed by atoms with Crippen molar-refractivity contribution in [1.82, 2.24) is 9.88 Å². The number of hydrogen-bond acceptors (Lipinski definition) is 5. The van der Waals surface area contributed by atoms with Crippen LogP contribution in [0.4, 0.5) is 5.69 Å². The summed E-state index contributed by atoms with van der Waals surface area (Å²) >= 11 is 6.94. The number of hydrogen-bond donors (Lipinski definition) is 2. The number of rotatable bonds is 8. The van der Waals surface area contributed by atoms with Crippen molar-refractivity contribution in [3.05, 3.63) is 128 Å². The van der Waals surface area contributed by atoms with Crippen LogP contribution in [0.25, 0.3) is 10.2 Å². The molecule has 1 unspecified atom stereocenters. The van der Waals surface area contributed by atoms with Crippen LogP contribution in [0.2, 0.25) is 5.02 Å². The van der Waals surface area contributed by atoms with E-state index in [1.54, 1.807) is 47.0 Å². The summed E-state index contributed by atoms with van der Waals surface area (Å²) in [6.07, 6.45) is 0. The zero-order chi connectivity index (χ0) is 27.6. The smallest absolute Gasteiger partial charge is 0.308 e. The number of nitrogens with one attached hydrogen (secondary N) is 2. The molecule has 2 N–H and O–H groups in total. The van der Waals surface area contributed by atoms with Gasteiger partial charge in [-0.05, 0) is 60.5 Å². The molecule has 0 aliphatic rings. The maximum atomic E-state index is 13.3. The molecule has 0 spiro atoms. The molecule has 4 aromatic carbocycles. The van der Waals surface area contributed by atoms with Crippen LogP contribution in [0.15, 0.2) is 107 Å². The number of carbonyl (C=O) groups is 1. The molecule has 5 rings (SSSR count). The summed E-state index contributed by atoms with van der Waals surface area (Å²) in [5.74, 6) is -0.405. The van der Waals surface area contributed by atoms with Crippen LogP contribution in [-0.2, 0) is 16.6 Å². The van der Waals surface area contributed by atoms with Gasteiger partial charge in [0.25, 0.3) is 15.9 Å². The number of anilines is 1. The SMILES string of the molecule is CC(NC(=O)c1ccccc1NS(=O)(=O)c1ccc2c(c1)sc(=O)n2Cc1ccc(Cl)cc1)c1ccccc1. The summed E-state index contributed by atoms with van der Waals surface area (Å²) in [6, 6.07) is 27.4. The van der Waals surface area contributed by atoms with Gasteiger partial charge in [0.05, 0.1) is 38.9 Å². The first-order chi connectivity index (χ1) is 18.7. The number of amides is 1. The van der Waals surface area contributed by atoms with Gasteiger partial charge >= 0.3 is 4.87 Å². The molecular formula is C29H24ClN3O4S2. The third-order valence-electron chi connectivity index (χ3n) is 6.27. The van der Waals surface area contributed by atoms with Crippen molar-refractivity contribution in [2.24, 2.45) is 0 Å². The Bertz CT molecular complexity index is 1820. The predicted molar refractivity (Wildman–Crippen MR) is 156 cm³/mol. The van der Waals surface area contributed by atoms with Crippen LogP contribution in [0, 0.1) is 0 Å². The fourth-order valence-corrected chi connectivity index (χ4v) is 6.45. The highest BCUT2D eigenvalue weighted by atomic mass is 35.5. The Balaban J connectivity index is 1.39. The van der Waals surface area contributed by atoms with E-state index < -0.39 is 15.9 Å². The standard InChI is InChI=1S/C29H24ClN3O4S2/c1-19(21-7-3-2-4-8-21)31-28(34)24-9-5-6-10-25(24)32-39(36,37)23-15-16-26-27(17-23)38-29(35)33(26)18-20-11-13-22(30)14-12-20/h2-17,19,32H,18H2,1H3,(H,31,34). The summed E-state index contributed by atoms with van der Waals surface area (Å²) in [7, 11) is -4.06. The maximum Gasteiger partial charge on any atom is 0.308 e. The number of benzene rings is 4. The van der Waals surface area contributed by atoms with E-state index in [4.69, 9.17) is 11.6 Å². The lowest BCUT2D eigenvalue weighted by atomic mass is 10.1. The van der Waals surface area contributed by atoms with Crippen LogP contribution in [0.3, 0.4) is 0 Å². The van der Waals surface area contributed by atoms with Gasteiger partial charge in [0.2, 0.25) is 0 Å². The molecule has 0 radical (unpaired) electrons. The molecule has 1 heterocycles. The zero-order valence-electron chi connectivity index (χ0n) is 20.8. The summed E-state index contributed by atoms with van der Waals surface area (Å²) < 4.78 is 31.4. The van der Waals surface area contributed by atoms with Crippen LogP contribution < -0.4 is 14.9 Å². The van der Waals surface area contributed by atoms with E-state index in [9.17, 15) is 18.0 Å². The minimum Gasteiger partial charge on any atom is -0.345 e. The van der Waals surface area contributed by atoms with Gasteiger partial charge in [-0.25, -0.2) is 8.42 Å². The number of para-hydroxylation sites is 1. The van der Waals surface area contributed by atoms with Crippen molar-refractivity contribution in [3.8, 4) is 0 Å². The van der Waals surface area contributed by atoms with Crippen molar-refractivity contribution >= 4 is 54.8 Å². The third kappa shape index (κ3) is 5.90. The molecular weight excluding hydrogens is 554 g/mol. The quantitative estimate of drug-likeness (QED) is 0.234. The molecule has 0 saturated carbocycles. The van der Waals surface area contributed by atoms with Crippen LogP contribution >= 0.6 is 22.9 Å². The van der Waals surface area contributed by atoms with E-state index in [2.05, 4.69) is 10.0 Å². The molecule has 1 atom stereocenters. The van der Waals surface area contributed by atoms with E-state index in [1.807, 2.05) is 49.4 Å². The van der Waals surface area contributed by atoms with Gasteiger partial charge in [-0.1, -0.05) is 77.5 Å². The Hall–Kier alpha value is -3.92. The molecule has 39 heavy (non-hydrogen) atoms. The zero-order valence-corrected chi connectivity index (χ0v) is 23.2. The number of sulfonamides is 1. The molecule has 1 aromatic heterocycles. The number of thiazole rings is 1. The Morgan fingerprint density at radius 1 is 0.949 bits per heavy atom. The Kier molecular flexibility index (Phi) is 7.56. The summed E-state index contributed by atoms with van der Waals surface area (Å²) in [4.78, 5) is 25.6. The highest BCUT2D eigenvalue weighted by Crippen LogP contribution is 2.26. The first-order valence-electron chi connectivity index (χ1n) is 12.1. The Morgan fingerprint density at radius 2 is 1.64 bits per heavy atom. The van der Waals surface area contributed by atoms with Gasteiger partial charge in [-0.2, -0.15) is 0 Å². The maximum absolute atomic E-state index is 13.3. The van der Waals surface area contributed by atoms with Gasteiger partial charge in [0.15, 0.2) is 0 Å². The molecule has 0 aliphatic carbocycles. The summed E-state index contributed by atoms with van der Waals surface area (Å²) in [5, 5.41) is 3.52. The molecule has 0 aliphatic heterocycles. The van der Waals surface area contributed by atoms with Crippen LogP contribution in [-0.4, -0.2) is 18.9 Å². The number of aromatic nitrogens is 1. The number of halogens is 1. The van der Waals surface area contributed by atoms with Crippen molar-refractivity contribution in [1.29, 1.82) is 0 Å². The highest BCUT2D eigenvalue weighted by Gasteiger charge is 2.21. The van der Waals surface area contributed by atoms with E-state index >= 15 is 0 Å². The Labute approximate surface area is 234 Å². The van der Waals surface area contributed by atoms with Crippen LogP contribution in [0.1, 0.15) is 34.5 Å².